The predicted molar refractivity (Wildman–Crippen MR) is 84.9 cm³/mol. The summed E-state index contributed by atoms with van der Waals surface area (Å²) in [7, 11) is 1.74. The molecule has 1 saturated heterocycles. The van der Waals surface area contributed by atoms with Crippen molar-refractivity contribution in [3.8, 4) is 5.75 Å². The van der Waals surface area contributed by atoms with Gasteiger partial charge < -0.3 is 14.8 Å². The summed E-state index contributed by atoms with van der Waals surface area (Å²) in [5.41, 5.74) is 2.72. The van der Waals surface area contributed by atoms with Crippen LogP contribution in [0.3, 0.4) is 0 Å². The minimum atomic E-state index is -0.0915. The Labute approximate surface area is 128 Å². The van der Waals surface area contributed by atoms with Crippen LogP contribution in [0.4, 0.5) is 0 Å². The first kappa shape index (κ1) is 14.9. The molecule has 1 fully saturated rings. The Morgan fingerprint density at radius 2 is 2.33 bits per heavy atom. The number of hydrogen-bond acceptors (Lipinski definition) is 3. The predicted octanol–water partition coefficient (Wildman–Crippen LogP) is 3.41. The number of hydrogen-bond donors (Lipinski definition) is 1. The van der Waals surface area contributed by atoms with Crippen molar-refractivity contribution in [2.45, 2.75) is 57.1 Å². The Morgan fingerprint density at radius 1 is 1.43 bits per heavy atom. The van der Waals surface area contributed by atoms with E-state index in [1.807, 2.05) is 0 Å². The number of methoxy groups -OCH3 is 1. The molecule has 1 spiro atoms. The molecule has 0 amide bonds. The Morgan fingerprint density at radius 3 is 3.14 bits per heavy atom. The maximum Gasteiger partial charge on any atom is 0.119 e. The third-order valence-electron chi connectivity index (χ3n) is 4.94. The first-order chi connectivity index (χ1) is 10.3. The van der Waals surface area contributed by atoms with Crippen molar-refractivity contribution in [3.63, 3.8) is 0 Å². The van der Waals surface area contributed by atoms with Gasteiger partial charge in [-0.25, -0.2) is 0 Å². The fourth-order valence-corrected chi connectivity index (χ4v) is 3.86. The molecule has 3 nitrogen and oxygen atoms in total. The topological polar surface area (TPSA) is 30.5 Å². The number of fused-ring (bicyclic) bond motifs is 2. The molecule has 3 rings (SSSR count). The lowest BCUT2D eigenvalue weighted by atomic mass is 9.74. The molecular formula is C18H27NO2. The number of benzene rings is 1. The molecule has 1 aromatic rings. The SMILES string of the molecule is CCCNC1CCOC2(CCCc3ccc(OC)cc32)C1. The molecule has 0 bridgehead atoms. The molecule has 116 valence electrons. The van der Waals surface area contributed by atoms with Crippen LogP contribution in [0, 0.1) is 0 Å². The lowest BCUT2D eigenvalue weighted by Crippen LogP contribution is -2.47. The van der Waals surface area contributed by atoms with E-state index in [4.69, 9.17) is 9.47 Å². The van der Waals surface area contributed by atoms with Crippen molar-refractivity contribution in [1.82, 2.24) is 5.32 Å². The summed E-state index contributed by atoms with van der Waals surface area (Å²) in [6.45, 7) is 4.19. The molecule has 0 aromatic heterocycles. The monoisotopic (exact) mass is 289 g/mol. The summed E-state index contributed by atoms with van der Waals surface area (Å²) in [4.78, 5) is 0. The summed E-state index contributed by atoms with van der Waals surface area (Å²) in [6.07, 6.45) is 6.93. The Hall–Kier alpha value is -1.06. The van der Waals surface area contributed by atoms with E-state index in [2.05, 4.69) is 30.4 Å². The second-order valence-electron chi connectivity index (χ2n) is 6.36. The van der Waals surface area contributed by atoms with Crippen molar-refractivity contribution in [1.29, 1.82) is 0 Å². The molecule has 1 aliphatic heterocycles. The number of nitrogens with one attached hydrogen (secondary N) is 1. The molecule has 2 atom stereocenters. The summed E-state index contributed by atoms with van der Waals surface area (Å²) in [6, 6.07) is 7.09. The summed E-state index contributed by atoms with van der Waals surface area (Å²) in [5.74, 6) is 0.947. The van der Waals surface area contributed by atoms with Crippen molar-refractivity contribution in [3.05, 3.63) is 29.3 Å². The Balaban J connectivity index is 1.88. The van der Waals surface area contributed by atoms with Gasteiger partial charge in [0, 0.05) is 12.6 Å². The second-order valence-corrected chi connectivity index (χ2v) is 6.36. The zero-order chi connectivity index (χ0) is 14.7. The molecule has 1 heterocycles. The van der Waals surface area contributed by atoms with Crippen molar-refractivity contribution in [2.24, 2.45) is 0 Å². The molecular weight excluding hydrogens is 262 g/mol. The number of rotatable bonds is 4. The quantitative estimate of drug-likeness (QED) is 0.921. The largest absolute Gasteiger partial charge is 0.497 e. The van der Waals surface area contributed by atoms with Crippen LogP contribution in [0.5, 0.6) is 5.75 Å². The standard InChI is InChI=1S/C18H27NO2/c1-3-10-19-15-8-11-21-18(13-15)9-4-5-14-6-7-16(20-2)12-17(14)18/h6-7,12,15,19H,3-5,8-11,13H2,1-2H3. The third kappa shape index (κ3) is 2.95. The van der Waals surface area contributed by atoms with Gasteiger partial charge in [-0.2, -0.15) is 0 Å². The molecule has 3 heteroatoms. The first-order valence-electron chi connectivity index (χ1n) is 8.32. The summed E-state index contributed by atoms with van der Waals surface area (Å²) >= 11 is 0. The lowest BCUT2D eigenvalue weighted by molar-refractivity contribution is -0.104. The molecule has 1 aliphatic carbocycles. The van der Waals surface area contributed by atoms with E-state index in [1.54, 1.807) is 7.11 Å². The van der Waals surface area contributed by atoms with Crippen LogP contribution in [0.15, 0.2) is 18.2 Å². The van der Waals surface area contributed by atoms with Crippen LogP contribution >= 0.6 is 0 Å². The maximum absolute atomic E-state index is 6.35. The third-order valence-corrected chi connectivity index (χ3v) is 4.94. The van der Waals surface area contributed by atoms with Gasteiger partial charge in [-0.15, -0.1) is 0 Å². The van der Waals surface area contributed by atoms with Gasteiger partial charge >= 0.3 is 0 Å². The summed E-state index contributed by atoms with van der Waals surface area (Å²) in [5, 5.41) is 3.69. The van der Waals surface area contributed by atoms with Gasteiger partial charge in [0.25, 0.3) is 0 Å². The fraction of sp³-hybridized carbons (Fsp3) is 0.667. The zero-order valence-electron chi connectivity index (χ0n) is 13.3. The van der Waals surface area contributed by atoms with Crippen LogP contribution in [0.2, 0.25) is 0 Å². The van der Waals surface area contributed by atoms with Gasteiger partial charge in [0.1, 0.15) is 5.75 Å². The average Bonchev–Trinajstić information content (AvgIpc) is 2.53. The number of ether oxygens (including phenoxy) is 2. The smallest absolute Gasteiger partial charge is 0.119 e. The highest BCUT2D eigenvalue weighted by molar-refractivity contribution is 5.41. The first-order valence-corrected chi connectivity index (χ1v) is 8.32. The van der Waals surface area contributed by atoms with Crippen LogP contribution < -0.4 is 10.1 Å². The molecule has 1 aromatic carbocycles. The molecule has 21 heavy (non-hydrogen) atoms. The van der Waals surface area contributed by atoms with Gasteiger partial charge in [-0.3, -0.25) is 0 Å². The second kappa shape index (κ2) is 6.37. The average molecular weight is 289 g/mol. The highest BCUT2D eigenvalue weighted by atomic mass is 16.5. The van der Waals surface area contributed by atoms with Crippen LogP contribution in [-0.2, 0) is 16.8 Å². The maximum atomic E-state index is 6.35. The van der Waals surface area contributed by atoms with Gasteiger partial charge in [-0.1, -0.05) is 13.0 Å². The van der Waals surface area contributed by atoms with E-state index >= 15 is 0 Å². The van der Waals surface area contributed by atoms with E-state index in [0.29, 0.717) is 6.04 Å². The summed E-state index contributed by atoms with van der Waals surface area (Å²) < 4.78 is 11.8. The minimum absolute atomic E-state index is 0.0915. The van der Waals surface area contributed by atoms with Gasteiger partial charge in [0.15, 0.2) is 0 Å². The fourth-order valence-electron chi connectivity index (χ4n) is 3.86. The normalized spacial score (nSPS) is 28.4. The van der Waals surface area contributed by atoms with Crippen molar-refractivity contribution >= 4 is 0 Å². The van der Waals surface area contributed by atoms with Crippen LogP contribution in [0.1, 0.15) is 50.2 Å². The Bertz CT molecular complexity index is 488. The minimum Gasteiger partial charge on any atom is -0.497 e. The Kier molecular flexibility index (Phi) is 4.51. The molecule has 2 aliphatic rings. The zero-order valence-corrected chi connectivity index (χ0v) is 13.3. The van der Waals surface area contributed by atoms with E-state index in [-0.39, 0.29) is 5.60 Å². The van der Waals surface area contributed by atoms with Crippen LogP contribution in [-0.4, -0.2) is 26.3 Å². The molecule has 2 unspecified atom stereocenters. The van der Waals surface area contributed by atoms with Gasteiger partial charge in [-0.05, 0) is 68.3 Å². The molecule has 1 N–H and O–H groups in total. The van der Waals surface area contributed by atoms with Crippen molar-refractivity contribution < 1.29 is 9.47 Å². The van der Waals surface area contributed by atoms with E-state index in [1.165, 1.54) is 24.0 Å². The van der Waals surface area contributed by atoms with E-state index < -0.39 is 0 Å². The van der Waals surface area contributed by atoms with E-state index in [0.717, 1.165) is 44.6 Å². The highest BCUT2D eigenvalue weighted by Gasteiger charge is 2.42. The molecule has 0 saturated carbocycles. The van der Waals surface area contributed by atoms with Crippen LogP contribution in [0.25, 0.3) is 0 Å². The van der Waals surface area contributed by atoms with E-state index in [9.17, 15) is 0 Å². The van der Waals surface area contributed by atoms with Crippen molar-refractivity contribution in [2.75, 3.05) is 20.3 Å². The van der Waals surface area contributed by atoms with Gasteiger partial charge in [0.05, 0.1) is 12.7 Å². The van der Waals surface area contributed by atoms with Gasteiger partial charge in [0.2, 0.25) is 0 Å². The lowest BCUT2D eigenvalue weighted by Gasteiger charge is -2.45. The highest BCUT2D eigenvalue weighted by Crippen LogP contribution is 2.45. The molecule has 0 radical (unpaired) electrons. The number of aryl methyl sites for hydroxylation is 1.